The van der Waals surface area contributed by atoms with Gasteiger partial charge in [-0.05, 0) is 18.6 Å². The Bertz CT molecular complexity index is 728. The molecule has 0 radical (unpaired) electrons. The Kier molecular flexibility index (Phi) is 7.72. The number of aromatic nitrogens is 1. The average molecular weight is 443 g/mol. The van der Waals surface area contributed by atoms with Crippen LogP contribution in [0.2, 0.25) is 25.1 Å². The second kappa shape index (κ2) is 9.55. The maximum atomic E-state index is 11.8. The van der Waals surface area contributed by atoms with E-state index in [1.54, 1.807) is 0 Å². The molecule has 0 saturated heterocycles. The quantitative estimate of drug-likeness (QED) is 0.381. The van der Waals surface area contributed by atoms with E-state index < -0.39 is 0 Å². The van der Waals surface area contributed by atoms with Crippen molar-refractivity contribution in [1.29, 1.82) is 0 Å². The molecule has 3 N–H and O–H groups in total. The molecular formula is C15H13Cl5N4O. The molecule has 0 spiro atoms. The number of carbonyl (C=O) groups is 1. The zero-order valence-corrected chi connectivity index (χ0v) is 16.5. The fourth-order valence-electron chi connectivity index (χ4n) is 1.89. The second-order valence-corrected chi connectivity index (χ2v) is 6.90. The molecule has 0 aliphatic rings. The van der Waals surface area contributed by atoms with E-state index in [0.717, 1.165) is 0 Å². The van der Waals surface area contributed by atoms with Gasteiger partial charge in [0, 0.05) is 31.2 Å². The van der Waals surface area contributed by atoms with Crippen LogP contribution in [-0.2, 0) is 0 Å². The predicted molar refractivity (Wildman–Crippen MR) is 106 cm³/mol. The fraction of sp³-hybridized carbons (Fsp3) is 0.200. The van der Waals surface area contributed by atoms with E-state index in [9.17, 15) is 4.79 Å². The summed E-state index contributed by atoms with van der Waals surface area (Å²) >= 11 is 29.7. The molecule has 10 heteroatoms. The predicted octanol–water partition coefficient (Wildman–Crippen LogP) is 5.97. The molecule has 2 amide bonds. The largest absolute Gasteiger partial charge is 0.382 e. The van der Waals surface area contributed by atoms with E-state index in [1.165, 1.54) is 24.5 Å². The Morgan fingerprint density at radius 3 is 2.12 bits per heavy atom. The molecule has 2 rings (SSSR count). The highest BCUT2D eigenvalue weighted by Gasteiger charge is 2.08. The SMILES string of the molecule is O=C(NCCCNc1c(Cl)cncc1Cl)Nc1cc(Cl)c(Cl)c(Cl)c1. The number of anilines is 2. The number of benzene rings is 1. The Labute approximate surface area is 169 Å². The summed E-state index contributed by atoms with van der Waals surface area (Å²) in [7, 11) is 0. The summed E-state index contributed by atoms with van der Waals surface area (Å²) < 4.78 is 0. The van der Waals surface area contributed by atoms with Crippen molar-refractivity contribution in [2.24, 2.45) is 0 Å². The molecule has 134 valence electrons. The van der Waals surface area contributed by atoms with E-state index in [2.05, 4.69) is 20.9 Å². The van der Waals surface area contributed by atoms with Crippen LogP contribution in [0.15, 0.2) is 24.5 Å². The topological polar surface area (TPSA) is 66.0 Å². The molecule has 0 aliphatic carbocycles. The summed E-state index contributed by atoms with van der Waals surface area (Å²) in [5.74, 6) is 0. The lowest BCUT2D eigenvalue weighted by Crippen LogP contribution is -2.30. The number of urea groups is 1. The van der Waals surface area contributed by atoms with Gasteiger partial charge in [0.2, 0.25) is 0 Å². The monoisotopic (exact) mass is 440 g/mol. The Hall–Kier alpha value is -1.11. The van der Waals surface area contributed by atoms with Crippen molar-refractivity contribution < 1.29 is 4.79 Å². The van der Waals surface area contributed by atoms with Crippen molar-refractivity contribution in [2.75, 3.05) is 23.7 Å². The molecule has 1 aromatic heterocycles. The smallest absolute Gasteiger partial charge is 0.319 e. The van der Waals surface area contributed by atoms with E-state index in [4.69, 9.17) is 58.0 Å². The molecule has 5 nitrogen and oxygen atoms in total. The Balaban J connectivity index is 1.74. The molecule has 0 unspecified atom stereocenters. The van der Waals surface area contributed by atoms with Gasteiger partial charge in [0.25, 0.3) is 0 Å². The molecule has 0 atom stereocenters. The first-order chi connectivity index (χ1) is 11.9. The summed E-state index contributed by atoms with van der Waals surface area (Å²) in [6, 6.07) is 2.66. The van der Waals surface area contributed by atoms with Crippen molar-refractivity contribution in [2.45, 2.75) is 6.42 Å². The summed E-state index contributed by atoms with van der Waals surface area (Å²) in [5, 5.41) is 10.1. The molecule has 0 saturated carbocycles. The first-order valence-corrected chi connectivity index (χ1v) is 8.99. The van der Waals surface area contributed by atoms with Crippen LogP contribution in [0.25, 0.3) is 0 Å². The fourth-order valence-corrected chi connectivity index (χ4v) is 2.98. The van der Waals surface area contributed by atoms with E-state index in [1.807, 2.05) is 0 Å². The summed E-state index contributed by atoms with van der Waals surface area (Å²) in [6.07, 6.45) is 3.66. The van der Waals surface area contributed by atoms with Gasteiger partial charge in [-0.1, -0.05) is 58.0 Å². The third-order valence-electron chi connectivity index (χ3n) is 3.04. The molecule has 0 aliphatic heterocycles. The van der Waals surface area contributed by atoms with Gasteiger partial charge in [0.1, 0.15) is 0 Å². The van der Waals surface area contributed by atoms with Gasteiger partial charge < -0.3 is 16.0 Å². The van der Waals surface area contributed by atoms with Gasteiger partial charge in [0.05, 0.1) is 30.8 Å². The highest BCUT2D eigenvalue weighted by atomic mass is 35.5. The van der Waals surface area contributed by atoms with Crippen LogP contribution in [0.5, 0.6) is 0 Å². The first-order valence-electron chi connectivity index (χ1n) is 7.10. The van der Waals surface area contributed by atoms with E-state index >= 15 is 0 Å². The molecule has 0 bridgehead atoms. The Morgan fingerprint density at radius 2 is 1.52 bits per heavy atom. The van der Waals surface area contributed by atoms with Crippen LogP contribution in [0.1, 0.15) is 6.42 Å². The highest BCUT2D eigenvalue weighted by molar-refractivity contribution is 6.48. The van der Waals surface area contributed by atoms with E-state index in [0.29, 0.717) is 40.9 Å². The van der Waals surface area contributed by atoms with E-state index in [-0.39, 0.29) is 21.1 Å². The average Bonchev–Trinajstić information content (AvgIpc) is 2.54. The van der Waals surface area contributed by atoms with Gasteiger partial charge in [0.15, 0.2) is 0 Å². The molecule has 25 heavy (non-hydrogen) atoms. The van der Waals surface area contributed by atoms with Crippen molar-refractivity contribution in [1.82, 2.24) is 10.3 Å². The first kappa shape index (κ1) is 20.2. The van der Waals surface area contributed by atoms with Gasteiger partial charge >= 0.3 is 6.03 Å². The standard InChI is InChI=1S/C15H13Cl5N4O/c16-9-4-8(5-10(17)13(9)20)24-15(25)23-3-1-2-22-14-11(18)6-21-7-12(14)19/h4-7H,1-3H2,(H,21,22)(H2,23,24,25). The normalized spacial score (nSPS) is 10.4. The lowest BCUT2D eigenvalue weighted by atomic mass is 10.3. The van der Waals surface area contributed by atoms with Crippen molar-refractivity contribution in [3.63, 3.8) is 0 Å². The van der Waals surface area contributed by atoms with Gasteiger partial charge in [-0.2, -0.15) is 0 Å². The van der Waals surface area contributed by atoms with Gasteiger partial charge in [-0.15, -0.1) is 0 Å². The van der Waals surface area contributed by atoms with Crippen molar-refractivity contribution in [3.05, 3.63) is 49.6 Å². The molecular weight excluding hydrogens is 429 g/mol. The second-order valence-electron chi connectivity index (χ2n) is 4.89. The maximum Gasteiger partial charge on any atom is 0.319 e. The van der Waals surface area contributed by atoms with Crippen LogP contribution in [0.3, 0.4) is 0 Å². The summed E-state index contributed by atoms with van der Waals surface area (Å²) in [4.78, 5) is 15.7. The number of hydrogen-bond acceptors (Lipinski definition) is 3. The Morgan fingerprint density at radius 1 is 0.920 bits per heavy atom. The summed E-state index contributed by atoms with van der Waals surface area (Å²) in [5.41, 5.74) is 1.07. The summed E-state index contributed by atoms with van der Waals surface area (Å²) in [6.45, 7) is 1.01. The zero-order chi connectivity index (χ0) is 18.4. The number of nitrogens with zero attached hydrogens (tertiary/aromatic N) is 1. The maximum absolute atomic E-state index is 11.8. The van der Waals surface area contributed by atoms with Gasteiger partial charge in [-0.3, -0.25) is 4.98 Å². The number of amides is 2. The van der Waals surface area contributed by atoms with Crippen LogP contribution >= 0.6 is 58.0 Å². The third kappa shape index (κ3) is 5.97. The van der Waals surface area contributed by atoms with Crippen LogP contribution in [0, 0.1) is 0 Å². The van der Waals surface area contributed by atoms with Crippen molar-refractivity contribution >= 4 is 75.4 Å². The lowest BCUT2D eigenvalue weighted by molar-refractivity contribution is 0.252. The van der Waals surface area contributed by atoms with Crippen LogP contribution in [0.4, 0.5) is 16.2 Å². The zero-order valence-electron chi connectivity index (χ0n) is 12.7. The number of rotatable bonds is 6. The molecule has 0 fully saturated rings. The van der Waals surface area contributed by atoms with Crippen LogP contribution < -0.4 is 16.0 Å². The number of halogens is 5. The number of pyridine rings is 1. The van der Waals surface area contributed by atoms with Gasteiger partial charge in [-0.25, -0.2) is 4.79 Å². The number of carbonyl (C=O) groups excluding carboxylic acids is 1. The highest BCUT2D eigenvalue weighted by Crippen LogP contribution is 2.33. The molecule has 1 heterocycles. The third-order valence-corrected chi connectivity index (χ3v) is 4.81. The van der Waals surface area contributed by atoms with Crippen LogP contribution in [-0.4, -0.2) is 24.1 Å². The number of hydrogen-bond donors (Lipinski definition) is 3. The minimum absolute atomic E-state index is 0.244. The minimum Gasteiger partial charge on any atom is -0.382 e. The number of nitrogens with one attached hydrogen (secondary N) is 3. The minimum atomic E-state index is -0.380. The molecule has 1 aromatic carbocycles. The van der Waals surface area contributed by atoms with Crippen molar-refractivity contribution in [3.8, 4) is 0 Å². The lowest BCUT2D eigenvalue weighted by Gasteiger charge is -2.11. The molecule has 2 aromatic rings.